The number of likely N-dealkylation sites (tertiary alicyclic amines) is 1. The van der Waals surface area contributed by atoms with Crippen LogP contribution >= 0.6 is 34.8 Å². The van der Waals surface area contributed by atoms with Crippen LogP contribution in [0.2, 0.25) is 15.1 Å². The average molecular weight is 582 g/mol. The Morgan fingerprint density at radius 2 is 1.66 bits per heavy atom. The Bertz CT molecular complexity index is 1220. The quantitative estimate of drug-likeness (QED) is 0.349. The molecule has 194 valence electrons. The van der Waals surface area contributed by atoms with E-state index in [1.807, 2.05) is 6.92 Å². The minimum absolute atomic E-state index is 0.00494. The van der Waals surface area contributed by atoms with Crippen molar-refractivity contribution in [3.05, 3.63) is 57.5 Å². The molecule has 35 heavy (non-hydrogen) atoms. The molecule has 1 saturated heterocycles. The van der Waals surface area contributed by atoms with E-state index in [9.17, 15) is 16.8 Å². The summed E-state index contributed by atoms with van der Waals surface area (Å²) < 4.78 is 52.5. The molecule has 0 aromatic heterocycles. The van der Waals surface area contributed by atoms with Crippen LogP contribution in [0.15, 0.2) is 47.4 Å². The second-order valence-electron chi connectivity index (χ2n) is 9.12. The Kier molecular flexibility index (Phi) is 9.79. The highest BCUT2D eigenvalue weighted by Crippen LogP contribution is 2.35. The third-order valence-electron chi connectivity index (χ3n) is 6.23. The van der Waals surface area contributed by atoms with Crippen molar-refractivity contribution in [2.45, 2.75) is 56.0 Å². The summed E-state index contributed by atoms with van der Waals surface area (Å²) in [6, 6.07) is 10.3. The summed E-state index contributed by atoms with van der Waals surface area (Å²) in [5.74, 6) is 0.151. The van der Waals surface area contributed by atoms with E-state index in [-0.39, 0.29) is 21.7 Å². The van der Waals surface area contributed by atoms with E-state index < -0.39 is 25.9 Å². The molecule has 2 atom stereocenters. The summed E-state index contributed by atoms with van der Waals surface area (Å²) in [6.45, 7) is 3.39. The topological polar surface area (TPSA) is 74.8 Å². The fourth-order valence-corrected chi connectivity index (χ4v) is 7.90. The van der Waals surface area contributed by atoms with Crippen LogP contribution < -0.4 is 4.31 Å². The molecule has 0 amide bonds. The van der Waals surface area contributed by atoms with E-state index in [4.69, 9.17) is 34.8 Å². The van der Waals surface area contributed by atoms with E-state index in [1.54, 1.807) is 18.2 Å². The van der Waals surface area contributed by atoms with Crippen molar-refractivity contribution < 1.29 is 16.8 Å². The van der Waals surface area contributed by atoms with Crippen molar-refractivity contribution in [1.82, 2.24) is 4.90 Å². The molecule has 1 heterocycles. The second-order valence-corrected chi connectivity index (χ2v) is 14.4. The number of hydrogen-bond donors (Lipinski definition) is 0. The molecular formula is C24H31Cl3N2O4S2. The summed E-state index contributed by atoms with van der Waals surface area (Å²) >= 11 is 18.6. The lowest BCUT2D eigenvalue weighted by Crippen LogP contribution is -2.44. The molecule has 0 bridgehead atoms. The summed E-state index contributed by atoms with van der Waals surface area (Å²) in [5, 5.41) is 1.10. The third-order valence-corrected chi connectivity index (χ3v) is 9.97. The van der Waals surface area contributed by atoms with Crippen molar-refractivity contribution in [3.8, 4) is 0 Å². The number of hydrogen-bond acceptors (Lipinski definition) is 5. The second kappa shape index (κ2) is 12.0. The van der Waals surface area contributed by atoms with Gasteiger partial charge in [-0.25, -0.2) is 16.8 Å². The van der Waals surface area contributed by atoms with Crippen molar-refractivity contribution >= 4 is 60.4 Å². The lowest BCUT2D eigenvalue weighted by atomic mass is 10.0. The Labute approximate surface area is 224 Å². The number of sulfone groups is 1. The molecule has 1 aliphatic heterocycles. The zero-order valence-electron chi connectivity index (χ0n) is 19.8. The highest BCUT2D eigenvalue weighted by Gasteiger charge is 2.32. The molecule has 1 aliphatic rings. The van der Waals surface area contributed by atoms with Crippen LogP contribution in [0.3, 0.4) is 0 Å². The standard InChI is InChI=1S/C24H31Cl3N2O4S2/c1-18(6-5-15-28-14-4-3-7-21(28)17-34(2,30)31)29(24-16-20(26)10-13-23(24)27)35(32,33)22-11-8-19(25)9-12-22/h8-13,16,18,21H,3-7,14-15,17H2,1-2H3. The van der Waals surface area contributed by atoms with Gasteiger partial charge in [0.1, 0.15) is 9.84 Å². The maximum absolute atomic E-state index is 13.7. The molecule has 6 nitrogen and oxygen atoms in total. The van der Waals surface area contributed by atoms with E-state index in [0.717, 1.165) is 25.8 Å². The van der Waals surface area contributed by atoms with Gasteiger partial charge in [-0.2, -0.15) is 0 Å². The van der Waals surface area contributed by atoms with Gasteiger partial charge in [0.15, 0.2) is 0 Å². The minimum Gasteiger partial charge on any atom is -0.299 e. The van der Waals surface area contributed by atoms with Gasteiger partial charge in [-0.05, 0) is 88.2 Å². The molecular weight excluding hydrogens is 551 g/mol. The first kappa shape index (κ1) is 28.5. The zero-order chi connectivity index (χ0) is 25.8. The van der Waals surface area contributed by atoms with Gasteiger partial charge in [0.2, 0.25) is 0 Å². The molecule has 0 radical (unpaired) electrons. The van der Waals surface area contributed by atoms with Crippen molar-refractivity contribution in [2.24, 2.45) is 0 Å². The molecule has 2 unspecified atom stereocenters. The Hall–Kier alpha value is -1.03. The first-order valence-corrected chi connectivity index (χ1v) is 16.2. The summed E-state index contributed by atoms with van der Waals surface area (Å²) in [5.41, 5.74) is 0.314. The van der Waals surface area contributed by atoms with Crippen molar-refractivity contribution in [2.75, 3.05) is 29.4 Å². The molecule has 2 aromatic carbocycles. The van der Waals surface area contributed by atoms with E-state index in [0.29, 0.717) is 35.1 Å². The Morgan fingerprint density at radius 1 is 1.00 bits per heavy atom. The van der Waals surface area contributed by atoms with Gasteiger partial charge in [-0.1, -0.05) is 41.2 Å². The number of halogens is 3. The highest BCUT2D eigenvalue weighted by molar-refractivity contribution is 7.93. The highest BCUT2D eigenvalue weighted by atomic mass is 35.5. The molecule has 3 rings (SSSR count). The van der Waals surface area contributed by atoms with Gasteiger partial charge in [-0.3, -0.25) is 9.21 Å². The lowest BCUT2D eigenvalue weighted by molar-refractivity contribution is 0.159. The van der Waals surface area contributed by atoms with Crippen LogP contribution in [0.1, 0.15) is 39.0 Å². The monoisotopic (exact) mass is 580 g/mol. The fraction of sp³-hybridized carbons (Fsp3) is 0.500. The smallest absolute Gasteiger partial charge is 0.264 e. The lowest BCUT2D eigenvalue weighted by Gasteiger charge is -2.36. The number of rotatable bonds is 10. The van der Waals surface area contributed by atoms with Crippen LogP contribution in [0.25, 0.3) is 0 Å². The van der Waals surface area contributed by atoms with Crippen LogP contribution in [0, 0.1) is 0 Å². The van der Waals surface area contributed by atoms with Crippen molar-refractivity contribution in [1.29, 1.82) is 0 Å². The first-order valence-electron chi connectivity index (χ1n) is 11.6. The number of benzene rings is 2. The summed E-state index contributed by atoms with van der Waals surface area (Å²) in [4.78, 5) is 2.33. The number of nitrogens with zero attached hydrogens (tertiary/aromatic N) is 2. The SMILES string of the molecule is CC(CCCN1CCCCC1CS(C)(=O)=O)N(c1cc(Cl)ccc1Cl)S(=O)(=O)c1ccc(Cl)cc1. The normalized spacial score (nSPS) is 18.4. The fourth-order valence-electron chi connectivity index (χ4n) is 4.58. The average Bonchev–Trinajstić information content (AvgIpc) is 2.76. The molecule has 0 aliphatic carbocycles. The van der Waals surface area contributed by atoms with Gasteiger partial charge < -0.3 is 0 Å². The van der Waals surface area contributed by atoms with Crippen LogP contribution in [-0.2, 0) is 19.9 Å². The molecule has 0 spiro atoms. The number of anilines is 1. The summed E-state index contributed by atoms with van der Waals surface area (Å²) in [7, 11) is -7.04. The molecule has 0 N–H and O–H groups in total. The molecule has 2 aromatic rings. The Balaban J connectivity index is 1.82. The van der Waals surface area contributed by atoms with Gasteiger partial charge >= 0.3 is 0 Å². The predicted molar refractivity (Wildman–Crippen MR) is 145 cm³/mol. The molecule has 11 heteroatoms. The van der Waals surface area contributed by atoms with Crippen LogP contribution in [0.5, 0.6) is 0 Å². The van der Waals surface area contributed by atoms with Gasteiger partial charge in [-0.15, -0.1) is 0 Å². The molecule has 0 saturated carbocycles. The zero-order valence-corrected chi connectivity index (χ0v) is 23.7. The van der Waals surface area contributed by atoms with Gasteiger partial charge in [0.25, 0.3) is 10.0 Å². The third kappa shape index (κ3) is 7.73. The van der Waals surface area contributed by atoms with Crippen molar-refractivity contribution in [3.63, 3.8) is 0 Å². The van der Waals surface area contributed by atoms with Gasteiger partial charge in [0.05, 0.1) is 21.4 Å². The number of sulfonamides is 1. The van der Waals surface area contributed by atoms with Gasteiger partial charge in [0, 0.05) is 28.4 Å². The number of piperidine rings is 1. The van der Waals surface area contributed by atoms with E-state index in [1.165, 1.54) is 34.8 Å². The minimum atomic E-state index is -3.96. The van der Waals surface area contributed by atoms with Crippen LogP contribution in [0.4, 0.5) is 5.69 Å². The van der Waals surface area contributed by atoms with E-state index in [2.05, 4.69) is 4.90 Å². The first-order chi connectivity index (χ1) is 16.4. The van der Waals surface area contributed by atoms with Crippen LogP contribution in [-0.4, -0.2) is 58.9 Å². The maximum atomic E-state index is 13.7. The summed E-state index contributed by atoms with van der Waals surface area (Å²) in [6.07, 6.45) is 5.44. The van der Waals surface area contributed by atoms with E-state index >= 15 is 0 Å². The largest absolute Gasteiger partial charge is 0.299 e. The Morgan fingerprint density at radius 3 is 2.31 bits per heavy atom. The molecule has 1 fully saturated rings. The predicted octanol–water partition coefficient (Wildman–Crippen LogP) is 5.91. The maximum Gasteiger partial charge on any atom is 0.264 e.